The van der Waals surface area contributed by atoms with Crippen molar-refractivity contribution >= 4 is 15.7 Å². The molecule has 0 spiro atoms. The number of hydrogen-bond acceptors (Lipinski definition) is 3. The topological polar surface area (TPSA) is 58.2 Å². The zero-order valence-electron chi connectivity index (χ0n) is 12.5. The molecule has 0 bridgehead atoms. The summed E-state index contributed by atoms with van der Waals surface area (Å²) in [6, 6.07) is 6.90. The minimum atomic E-state index is -3.34. The van der Waals surface area contributed by atoms with Gasteiger partial charge in [0.05, 0.1) is 4.90 Å². The van der Waals surface area contributed by atoms with Gasteiger partial charge < -0.3 is 5.32 Å². The second-order valence-corrected chi connectivity index (χ2v) is 6.63. The SMILES string of the molecule is CCCCCCCNc1ccc(S(=O)(=O)NCC)cc1. The molecule has 0 aliphatic rings. The maximum Gasteiger partial charge on any atom is 0.240 e. The van der Waals surface area contributed by atoms with E-state index < -0.39 is 10.0 Å². The lowest BCUT2D eigenvalue weighted by Crippen LogP contribution is -2.23. The van der Waals surface area contributed by atoms with Gasteiger partial charge in [-0.3, -0.25) is 0 Å². The summed E-state index contributed by atoms with van der Waals surface area (Å²) >= 11 is 0. The normalized spacial score (nSPS) is 11.5. The minimum absolute atomic E-state index is 0.313. The molecule has 2 N–H and O–H groups in total. The van der Waals surface area contributed by atoms with Crippen LogP contribution in [0, 0.1) is 0 Å². The molecule has 5 heteroatoms. The Kier molecular flexibility index (Phi) is 7.62. The van der Waals surface area contributed by atoms with Gasteiger partial charge >= 0.3 is 0 Å². The first kappa shape index (κ1) is 17.0. The molecule has 0 aromatic heterocycles. The van der Waals surface area contributed by atoms with Crippen LogP contribution in [0.5, 0.6) is 0 Å². The maximum atomic E-state index is 11.8. The van der Waals surface area contributed by atoms with E-state index in [0.29, 0.717) is 11.4 Å². The smallest absolute Gasteiger partial charge is 0.240 e. The van der Waals surface area contributed by atoms with Gasteiger partial charge in [0.2, 0.25) is 10.0 Å². The Balaban J connectivity index is 2.39. The van der Waals surface area contributed by atoms with E-state index >= 15 is 0 Å². The summed E-state index contributed by atoms with van der Waals surface area (Å²) in [6.45, 7) is 5.32. The second-order valence-electron chi connectivity index (χ2n) is 4.87. The largest absolute Gasteiger partial charge is 0.385 e. The molecular weight excluding hydrogens is 272 g/mol. The summed E-state index contributed by atoms with van der Waals surface area (Å²) in [6.07, 6.45) is 6.25. The zero-order chi connectivity index (χ0) is 14.8. The molecule has 0 radical (unpaired) electrons. The first-order valence-corrected chi connectivity index (χ1v) is 8.92. The van der Waals surface area contributed by atoms with Crippen LogP contribution in [0.3, 0.4) is 0 Å². The maximum absolute atomic E-state index is 11.8. The highest BCUT2D eigenvalue weighted by atomic mass is 32.2. The van der Waals surface area contributed by atoms with Gasteiger partial charge in [-0.2, -0.15) is 0 Å². The van der Waals surface area contributed by atoms with Crippen molar-refractivity contribution in [2.45, 2.75) is 50.8 Å². The van der Waals surface area contributed by atoms with E-state index in [-0.39, 0.29) is 0 Å². The third kappa shape index (κ3) is 5.92. The van der Waals surface area contributed by atoms with Crippen molar-refractivity contribution < 1.29 is 8.42 Å². The molecule has 1 aromatic rings. The summed E-state index contributed by atoms with van der Waals surface area (Å²) < 4.78 is 26.0. The summed E-state index contributed by atoms with van der Waals surface area (Å²) in [4.78, 5) is 0.313. The van der Waals surface area contributed by atoms with Gasteiger partial charge in [0.15, 0.2) is 0 Å². The Morgan fingerprint density at radius 3 is 2.20 bits per heavy atom. The van der Waals surface area contributed by atoms with Crippen LogP contribution in [0.1, 0.15) is 46.0 Å². The van der Waals surface area contributed by atoms with Crippen molar-refractivity contribution in [2.75, 3.05) is 18.4 Å². The highest BCUT2D eigenvalue weighted by molar-refractivity contribution is 7.89. The fourth-order valence-electron chi connectivity index (χ4n) is 1.99. The molecule has 0 heterocycles. The molecule has 1 rings (SSSR count). The van der Waals surface area contributed by atoms with Crippen molar-refractivity contribution in [1.29, 1.82) is 0 Å². The van der Waals surface area contributed by atoms with Crippen LogP contribution in [-0.4, -0.2) is 21.5 Å². The lowest BCUT2D eigenvalue weighted by molar-refractivity contribution is 0.584. The fourth-order valence-corrected chi connectivity index (χ4v) is 3.03. The average Bonchev–Trinajstić information content (AvgIpc) is 2.43. The summed E-state index contributed by atoms with van der Waals surface area (Å²) in [5.74, 6) is 0. The van der Waals surface area contributed by atoms with Gasteiger partial charge in [-0.15, -0.1) is 0 Å². The third-order valence-corrected chi connectivity index (χ3v) is 4.67. The molecule has 114 valence electrons. The third-order valence-electron chi connectivity index (χ3n) is 3.11. The number of hydrogen-bond donors (Lipinski definition) is 2. The molecular formula is C15H26N2O2S. The van der Waals surface area contributed by atoms with Crippen LogP contribution in [0.25, 0.3) is 0 Å². The highest BCUT2D eigenvalue weighted by Crippen LogP contribution is 2.14. The number of sulfonamides is 1. The Morgan fingerprint density at radius 2 is 1.60 bits per heavy atom. The number of unbranched alkanes of at least 4 members (excludes halogenated alkanes) is 4. The van der Waals surface area contributed by atoms with Gasteiger partial charge in [-0.1, -0.05) is 39.5 Å². The van der Waals surface area contributed by atoms with E-state index in [2.05, 4.69) is 17.0 Å². The van der Waals surface area contributed by atoms with Crippen molar-refractivity contribution in [3.05, 3.63) is 24.3 Å². The standard InChI is InChI=1S/C15H26N2O2S/c1-3-5-6-7-8-13-16-14-9-11-15(12-10-14)20(18,19)17-4-2/h9-12,16-17H,3-8,13H2,1-2H3. The molecule has 0 saturated heterocycles. The Labute approximate surface area is 123 Å². The number of anilines is 1. The van der Waals surface area contributed by atoms with Crippen LogP contribution in [0.2, 0.25) is 0 Å². The fraction of sp³-hybridized carbons (Fsp3) is 0.600. The molecule has 0 aliphatic heterocycles. The van der Waals surface area contributed by atoms with E-state index in [9.17, 15) is 8.42 Å². The second kappa shape index (κ2) is 8.97. The first-order chi connectivity index (χ1) is 9.60. The molecule has 1 aromatic carbocycles. The average molecular weight is 298 g/mol. The van der Waals surface area contributed by atoms with Crippen LogP contribution in [-0.2, 0) is 10.0 Å². The van der Waals surface area contributed by atoms with Crippen molar-refractivity contribution in [3.8, 4) is 0 Å². The summed E-state index contributed by atoms with van der Waals surface area (Å²) in [5, 5.41) is 3.32. The number of nitrogens with one attached hydrogen (secondary N) is 2. The van der Waals surface area contributed by atoms with Crippen LogP contribution in [0.4, 0.5) is 5.69 Å². The van der Waals surface area contributed by atoms with Crippen LogP contribution >= 0.6 is 0 Å². The Hall–Kier alpha value is -1.07. The monoisotopic (exact) mass is 298 g/mol. The van der Waals surface area contributed by atoms with E-state index in [1.165, 1.54) is 25.7 Å². The van der Waals surface area contributed by atoms with E-state index in [0.717, 1.165) is 18.7 Å². The predicted octanol–water partition coefficient (Wildman–Crippen LogP) is 3.37. The summed E-state index contributed by atoms with van der Waals surface area (Å²) in [7, 11) is -3.34. The van der Waals surface area contributed by atoms with Crippen molar-refractivity contribution in [1.82, 2.24) is 4.72 Å². The molecule has 0 unspecified atom stereocenters. The van der Waals surface area contributed by atoms with Crippen LogP contribution < -0.4 is 10.0 Å². The molecule has 0 fully saturated rings. The van der Waals surface area contributed by atoms with Gasteiger partial charge in [-0.05, 0) is 30.7 Å². The quantitative estimate of drug-likeness (QED) is 0.651. The molecule has 0 aliphatic carbocycles. The molecule has 4 nitrogen and oxygen atoms in total. The van der Waals surface area contributed by atoms with Gasteiger partial charge in [-0.25, -0.2) is 13.1 Å². The Bertz CT molecular complexity index is 469. The van der Waals surface area contributed by atoms with Gasteiger partial charge in [0.25, 0.3) is 0 Å². The molecule has 20 heavy (non-hydrogen) atoms. The van der Waals surface area contributed by atoms with Gasteiger partial charge in [0, 0.05) is 18.8 Å². The van der Waals surface area contributed by atoms with Crippen molar-refractivity contribution in [2.24, 2.45) is 0 Å². The van der Waals surface area contributed by atoms with E-state index in [1.54, 1.807) is 19.1 Å². The van der Waals surface area contributed by atoms with E-state index in [4.69, 9.17) is 0 Å². The number of rotatable bonds is 10. The minimum Gasteiger partial charge on any atom is -0.385 e. The van der Waals surface area contributed by atoms with Crippen molar-refractivity contribution in [3.63, 3.8) is 0 Å². The zero-order valence-corrected chi connectivity index (χ0v) is 13.3. The van der Waals surface area contributed by atoms with E-state index in [1.807, 2.05) is 12.1 Å². The lowest BCUT2D eigenvalue weighted by Gasteiger charge is -2.08. The first-order valence-electron chi connectivity index (χ1n) is 7.43. The predicted molar refractivity (Wildman–Crippen MR) is 84.6 cm³/mol. The highest BCUT2D eigenvalue weighted by Gasteiger charge is 2.11. The number of benzene rings is 1. The molecule has 0 saturated carbocycles. The summed E-state index contributed by atoms with van der Waals surface area (Å²) in [5.41, 5.74) is 0.968. The molecule has 0 atom stereocenters. The molecule has 0 amide bonds. The van der Waals surface area contributed by atoms with Gasteiger partial charge in [0.1, 0.15) is 0 Å². The Morgan fingerprint density at radius 1 is 0.950 bits per heavy atom. The lowest BCUT2D eigenvalue weighted by atomic mass is 10.1. The van der Waals surface area contributed by atoms with Crippen LogP contribution in [0.15, 0.2) is 29.2 Å².